The van der Waals surface area contributed by atoms with Crippen LogP contribution in [0.5, 0.6) is 5.75 Å². The normalized spacial score (nSPS) is 9.63. The molecule has 0 saturated heterocycles. The van der Waals surface area contributed by atoms with Gasteiger partial charge >= 0.3 is 0 Å². The molecule has 0 spiro atoms. The van der Waals surface area contributed by atoms with Gasteiger partial charge < -0.3 is 4.74 Å². The molecule has 100 valence electrons. The first-order valence-corrected chi connectivity index (χ1v) is 5.88. The van der Waals surface area contributed by atoms with E-state index >= 15 is 0 Å². The van der Waals surface area contributed by atoms with E-state index in [-0.39, 0.29) is 29.8 Å². The molecule has 19 heavy (non-hydrogen) atoms. The molecule has 0 aliphatic carbocycles. The van der Waals surface area contributed by atoms with Crippen LogP contribution in [0.4, 0.5) is 0 Å². The van der Waals surface area contributed by atoms with E-state index in [4.69, 9.17) is 4.74 Å². The van der Waals surface area contributed by atoms with Crippen LogP contribution in [-0.4, -0.2) is 12.9 Å². The van der Waals surface area contributed by atoms with E-state index in [0.29, 0.717) is 11.3 Å². The molecule has 0 saturated carbocycles. The summed E-state index contributed by atoms with van der Waals surface area (Å²) >= 11 is 0. The monoisotopic (exact) mass is 368 g/mol. The average Bonchev–Trinajstić information content (AvgIpc) is 2.38. The van der Waals surface area contributed by atoms with Gasteiger partial charge in [-0.15, -0.1) is 24.0 Å². The molecule has 0 radical (unpaired) electrons. The highest BCUT2D eigenvalue weighted by atomic mass is 127. The highest BCUT2D eigenvalue weighted by molar-refractivity contribution is 14.0. The molecular weight excluding hydrogens is 351 g/mol. The van der Waals surface area contributed by atoms with Gasteiger partial charge in [-0.25, -0.2) is 0 Å². The molecule has 0 aliphatic heterocycles. The van der Waals surface area contributed by atoms with Crippen molar-refractivity contribution in [1.82, 2.24) is 0 Å². The fourth-order valence-corrected chi connectivity index (χ4v) is 2.04. The van der Waals surface area contributed by atoms with Crippen molar-refractivity contribution in [3.05, 3.63) is 53.6 Å². The Bertz CT molecular complexity index is 574. The van der Waals surface area contributed by atoms with E-state index in [9.17, 15) is 4.79 Å². The van der Waals surface area contributed by atoms with Crippen LogP contribution in [-0.2, 0) is 0 Å². The summed E-state index contributed by atoms with van der Waals surface area (Å²) in [5.74, 6) is 0.642. The first-order valence-electron chi connectivity index (χ1n) is 5.88. The summed E-state index contributed by atoms with van der Waals surface area (Å²) in [6.07, 6.45) is 0. The Morgan fingerprint density at radius 3 is 2.21 bits per heavy atom. The minimum atomic E-state index is 0. The number of benzene rings is 2. The molecule has 2 aromatic rings. The van der Waals surface area contributed by atoms with Gasteiger partial charge in [0.25, 0.3) is 0 Å². The van der Waals surface area contributed by atoms with Gasteiger partial charge in [-0.3, -0.25) is 4.79 Å². The standard InChI is InChI=1S/C16H16O2.HI/c1-11-7-9-13(10-8-11)14-5-4-6-15(18-3)16(14)12(2)17;/h4-10H,1-3H3;1H. The average molecular weight is 368 g/mol. The minimum absolute atomic E-state index is 0. The number of ether oxygens (including phenoxy) is 1. The van der Waals surface area contributed by atoms with Crippen LogP contribution >= 0.6 is 24.0 Å². The van der Waals surface area contributed by atoms with Gasteiger partial charge in [0, 0.05) is 0 Å². The fraction of sp³-hybridized carbons (Fsp3) is 0.188. The maximum Gasteiger partial charge on any atom is 0.164 e. The summed E-state index contributed by atoms with van der Waals surface area (Å²) in [4.78, 5) is 11.8. The van der Waals surface area contributed by atoms with Crippen molar-refractivity contribution in [2.45, 2.75) is 13.8 Å². The largest absolute Gasteiger partial charge is 0.496 e. The summed E-state index contributed by atoms with van der Waals surface area (Å²) in [6, 6.07) is 13.8. The van der Waals surface area contributed by atoms with E-state index in [1.807, 2.05) is 49.4 Å². The molecule has 0 fully saturated rings. The Hall–Kier alpha value is -1.36. The molecule has 2 nitrogen and oxygen atoms in total. The van der Waals surface area contributed by atoms with Crippen molar-refractivity contribution in [1.29, 1.82) is 0 Å². The third kappa shape index (κ3) is 3.35. The molecule has 2 aromatic carbocycles. The van der Waals surface area contributed by atoms with Crippen molar-refractivity contribution in [3.63, 3.8) is 0 Å². The van der Waals surface area contributed by atoms with Crippen molar-refractivity contribution >= 4 is 29.8 Å². The Labute approximate surface area is 130 Å². The SMILES string of the molecule is COc1cccc(-c2ccc(C)cc2)c1C(C)=O.I. The Morgan fingerprint density at radius 1 is 1.05 bits per heavy atom. The number of Topliss-reactive ketones (excluding diaryl/α,β-unsaturated/α-hetero) is 1. The van der Waals surface area contributed by atoms with Gasteiger partial charge in [0.05, 0.1) is 12.7 Å². The van der Waals surface area contributed by atoms with E-state index < -0.39 is 0 Å². The topological polar surface area (TPSA) is 26.3 Å². The van der Waals surface area contributed by atoms with Crippen LogP contribution in [0, 0.1) is 6.92 Å². The van der Waals surface area contributed by atoms with Crippen molar-refractivity contribution in [2.75, 3.05) is 7.11 Å². The zero-order chi connectivity index (χ0) is 13.1. The number of carbonyl (C=O) groups is 1. The molecule has 0 atom stereocenters. The van der Waals surface area contributed by atoms with Gasteiger partial charge in [-0.05, 0) is 31.0 Å². The lowest BCUT2D eigenvalue weighted by Crippen LogP contribution is -2.00. The minimum Gasteiger partial charge on any atom is -0.496 e. The highest BCUT2D eigenvalue weighted by Crippen LogP contribution is 2.31. The molecule has 2 rings (SSSR count). The zero-order valence-electron chi connectivity index (χ0n) is 11.3. The van der Waals surface area contributed by atoms with Crippen LogP contribution in [0.3, 0.4) is 0 Å². The predicted molar refractivity (Wildman–Crippen MR) is 88.6 cm³/mol. The second kappa shape index (κ2) is 6.70. The van der Waals surface area contributed by atoms with E-state index in [0.717, 1.165) is 11.1 Å². The lowest BCUT2D eigenvalue weighted by molar-refractivity contribution is 0.101. The molecule has 0 aromatic heterocycles. The smallest absolute Gasteiger partial charge is 0.164 e. The highest BCUT2D eigenvalue weighted by Gasteiger charge is 2.14. The molecule has 0 unspecified atom stereocenters. The molecular formula is C16H17IO2. The number of ketones is 1. The number of halogens is 1. The van der Waals surface area contributed by atoms with E-state index in [1.54, 1.807) is 14.0 Å². The van der Waals surface area contributed by atoms with Gasteiger partial charge in [-0.1, -0.05) is 42.0 Å². The molecule has 0 N–H and O–H groups in total. The van der Waals surface area contributed by atoms with Crippen molar-refractivity contribution < 1.29 is 9.53 Å². The van der Waals surface area contributed by atoms with Crippen LogP contribution in [0.15, 0.2) is 42.5 Å². The lowest BCUT2D eigenvalue weighted by atomic mass is 9.96. The summed E-state index contributed by atoms with van der Waals surface area (Å²) in [5.41, 5.74) is 3.79. The fourth-order valence-electron chi connectivity index (χ4n) is 2.04. The summed E-state index contributed by atoms with van der Waals surface area (Å²) in [5, 5.41) is 0. The number of rotatable bonds is 3. The second-order valence-electron chi connectivity index (χ2n) is 4.31. The quantitative estimate of drug-likeness (QED) is 0.590. The molecule has 0 amide bonds. The maximum absolute atomic E-state index is 11.8. The third-order valence-corrected chi connectivity index (χ3v) is 2.96. The van der Waals surface area contributed by atoms with Gasteiger partial charge in [0.2, 0.25) is 0 Å². The van der Waals surface area contributed by atoms with E-state index in [2.05, 4.69) is 0 Å². The van der Waals surface area contributed by atoms with Crippen molar-refractivity contribution in [2.24, 2.45) is 0 Å². The van der Waals surface area contributed by atoms with E-state index in [1.165, 1.54) is 5.56 Å². The molecule has 0 aliphatic rings. The number of hydrogen-bond acceptors (Lipinski definition) is 2. The van der Waals surface area contributed by atoms with Crippen LogP contribution in [0.2, 0.25) is 0 Å². The maximum atomic E-state index is 11.8. The first-order chi connectivity index (χ1) is 8.63. The van der Waals surface area contributed by atoms with Crippen LogP contribution in [0.25, 0.3) is 11.1 Å². The number of carbonyl (C=O) groups excluding carboxylic acids is 1. The van der Waals surface area contributed by atoms with Gasteiger partial charge in [0.1, 0.15) is 5.75 Å². The van der Waals surface area contributed by atoms with Crippen molar-refractivity contribution in [3.8, 4) is 16.9 Å². The molecule has 3 heteroatoms. The lowest BCUT2D eigenvalue weighted by Gasteiger charge is -2.11. The zero-order valence-corrected chi connectivity index (χ0v) is 13.6. The van der Waals surface area contributed by atoms with Crippen LogP contribution in [0.1, 0.15) is 22.8 Å². The number of methoxy groups -OCH3 is 1. The third-order valence-electron chi connectivity index (χ3n) is 2.96. The molecule has 0 heterocycles. The number of aryl methyl sites for hydroxylation is 1. The Kier molecular flexibility index (Phi) is 5.54. The Morgan fingerprint density at radius 2 is 1.68 bits per heavy atom. The van der Waals surface area contributed by atoms with Gasteiger partial charge in [0.15, 0.2) is 5.78 Å². The summed E-state index contributed by atoms with van der Waals surface area (Å²) in [7, 11) is 1.58. The summed E-state index contributed by atoms with van der Waals surface area (Å²) in [6.45, 7) is 3.61. The first kappa shape index (κ1) is 15.7. The Balaban J connectivity index is 0.00000180. The number of hydrogen-bond donors (Lipinski definition) is 0. The molecule has 0 bridgehead atoms. The summed E-state index contributed by atoms with van der Waals surface area (Å²) < 4.78 is 5.27. The predicted octanol–water partition coefficient (Wildman–Crippen LogP) is 4.49. The van der Waals surface area contributed by atoms with Gasteiger partial charge in [-0.2, -0.15) is 0 Å². The van der Waals surface area contributed by atoms with Crippen LogP contribution < -0.4 is 4.74 Å². The second-order valence-corrected chi connectivity index (χ2v) is 4.31.